The van der Waals surface area contributed by atoms with E-state index in [1.807, 2.05) is 24.3 Å². The van der Waals surface area contributed by atoms with Gasteiger partial charge in [-0.1, -0.05) is 0 Å². The van der Waals surface area contributed by atoms with E-state index in [2.05, 4.69) is 15.0 Å². The first kappa shape index (κ1) is 18.9. The molecule has 1 atom stereocenters. The third kappa shape index (κ3) is 4.21. The molecule has 150 valence electrons. The maximum Gasteiger partial charge on any atom is 0.275 e. The zero-order valence-electron chi connectivity index (χ0n) is 16.4. The molecule has 0 N–H and O–H groups in total. The van der Waals surface area contributed by atoms with Crippen LogP contribution in [0.1, 0.15) is 40.8 Å². The lowest BCUT2D eigenvalue weighted by Crippen LogP contribution is -2.39. The number of hydrogen-bond donors (Lipinski definition) is 0. The summed E-state index contributed by atoms with van der Waals surface area (Å²) in [5.74, 6) is 2.23. The Balaban J connectivity index is 1.52. The van der Waals surface area contributed by atoms with Gasteiger partial charge in [-0.05, 0) is 37.1 Å². The molecule has 1 unspecified atom stereocenters. The molecule has 3 aromatic rings. The van der Waals surface area contributed by atoms with Gasteiger partial charge in [-0.25, -0.2) is 9.97 Å². The van der Waals surface area contributed by atoms with Crippen molar-refractivity contribution in [2.45, 2.75) is 25.7 Å². The van der Waals surface area contributed by atoms with Gasteiger partial charge in [0.25, 0.3) is 5.91 Å². The Labute approximate surface area is 168 Å². The Morgan fingerprint density at radius 1 is 1.17 bits per heavy atom. The molecule has 8 heteroatoms. The summed E-state index contributed by atoms with van der Waals surface area (Å²) in [6, 6.07) is 7.29. The van der Waals surface area contributed by atoms with Crippen molar-refractivity contribution in [1.29, 1.82) is 0 Å². The summed E-state index contributed by atoms with van der Waals surface area (Å²) in [7, 11) is 1.62. The monoisotopic (exact) mass is 394 g/mol. The number of aryl methyl sites for hydroxylation is 1. The third-order valence-electron chi connectivity index (χ3n) is 4.90. The molecule has 1 aliphatic heterocycles. The molecule has 1 aliphatic rings. The molecule has 1 saturated heterocycles. The van der Waals surface area contributed by atoms with E-state index in [0.717, 1.165) is 24.3 Å². The van der Waals surface area contributed by atoms with Crippen LogP contribution in [-0.2, 0) is 0 Å². The molecule has 0 bridgehead atoms. The fourth-order valence-corrected chi connectivity index (χ4v) is 3.46. The normalized spacial score (nSPS) is 16.5. The highest BCUT2D eigenvalue weighted by atomic mass is 16.5. The fourth-order valence-electron chi connectivity index (χ4n) is 3.46. The molecular weight excluding hydrogens is 372 g/mol. The van der Waals surface area contributed by atoms with Crippen LogP contribution in [0.25, 0.3) is 0 Å². The van der Waals surface area contributed by atoms with Gasteiger partial charge < -0.3 is 18.8 Å². The van der Waals surface area contributed by atoms with E-state index in [-0.39, 0.29) is 11.8 Å². The summed E-state index contributed by atoms with van der Waals surface area (Å²) in [6.07, 6.45) is 6.43. The smallest absolute Gasteiger partial charge is 0.275 e. The Kier molecular flexibility index (Phi) is 5.41. The van der Waals surface area contributed by atoms with Crippen LogP contribution >= 0.6 is 0 Å². The van der Waals surface area contributed by atoms with E-state index < -0.39 is 0 Å². The summed E-state index contributed by atoms with van der Waals surface area (Å²) in [5, 5.41) is 0. The molecule has 0 saturated carbocycles. The summed E-state index contributed by atoms with van der Waals surface area (Å²) in [5.41, 5.74) is 1.08. The SMILES string of the molecule is COc1ccc(Oc2nccnc2C2CCCN(C(=O)c3coc(C)n3)C2)cc1. The maximum absolute atomic E-state index is 12.8. The first-order valence-electron chi connectivity index (χ1n) is 9.48. The van der Waals surface area contributed by atoms with Gasteiger partial charge in [-0.2, -0.15) is 0 Å². The molecule has 8 nitrogen and oxygen atoms in total. The van der Waals surface area contributed by atoms with Gasteiger partial charge in [0.15, 0.2) is 11.6 Å². The van der Waals surface area contributed by atoms with Crippen molar-refractivity contribution in [3.63, 3.8) is 0 Å². The van der Waals surface area contributed by atoms with Crippen molar-refractivity contribution in [3.05, 3.63) is 60.2 Å². The van der Waals surface area contributed by atoms with Gasteiger partial charge in [0, 0.05) is 38.3 Å². The number of amides is 1. The largest absolute Gasteiger partial charge is 0.497 e. The molecule has 1 amide bonds. The summed E-state index contributed by atoms with van der Waals surface area (Å²) < 4.78 is 16.3. The number of rotatable bonds is 5. The van der Waals surface area contributed by atoms with E-state index in [0.29, 0.717) is 36.3 Å². The average Bonchev–Trinajstić information content (AvgIpc) is 3.20. The lowest BCUT2D eigenvalue weighted by atomic mass is 9.94. The summed E-state index contributed by atoms with van der Waals surface area (Å²) >= 11 is 0. The highest BCUT2D eigenvalue weighted by Crippen LogP contribution is 2.33. The van der Waals surface area contributed by atoms with E-state index in [1.165, 1.54) is 6.26 Å². The number of aromatic nitrogens is 3. The van der Waals surface area contributed by atoms with E-state index in [9.17, 15) is 4.79 Å². The minimum absolute atomic E-state index is 0.0302. The van der Waals surface area contributed by atoms with Crippen LogP contribution in [0.4, 0.5) is 0 Å². The minimum atomic E-state index is -0.131. The Morgan fingerprint density at radius 3 is 2.66 bits per heavy atom. The lowest BCUT2D eigenvalue weighted by molar-refractivity contribution is 0.0698. The second kappa shape index (κ2) is 8.30. The second-order valence-corrected chi connectivity index (χ2v) is 6.87. The molecule has 29 heavy (non-hydrogen) atoms. The van der Waals surface area contributed by atoms with Crippen LogP contribution in [0.5, 0.6) is 17.4 Å². The number of nitrogens with zero attached hydrogens (tertiary/aromatic N) is 4. The van der Waals surface area contributed by atoms with Gasteiger partial charge in [0.2, 0.25) is 5.88 Å². The number of oxazole rings is 1. The third-order valence-corrected chi connectivity index (χ3v) is 4.90. The number of carbonyl (C=O) groups is 1. The van der Waals surface area contributed by atoms with Crippen molar-refractivity contribution in [1.82, 2.24) is 19.9 Å². The molecule has 3 heterocycles. The first-order valence-corrected chi connectivity index (χ1v) is 9.48. The van der Waals surface area contributed by atoms with Crippen LogP contribution in [0, 0.1) is 6.92 Å². The predicted molar refractivity (Wildman–Crippen MR) is 104 cm³/mol. The van der Waals surface area contributed by atoms with E-state index in [4.69, 9.17) is 13.9 Å². The predicted octanol–water partition coefficient (Wildman–Crippen LogP) is 3.59. The van der Waals surface area contributed by atoms with Crippen molar-refractivity contribution in [2.24, 2.45) is 0 Å². The quantitative estimate of drug-likeness (QED) is 0.653. The molecule has 1 fully saturated rings. The minimum Gasteiger partial charge on any atom is -0.497 e. The number of benzene rings is 1. The highest BCUT2D eigenvalue weighted by molar-refractivity contribution is 5.92. The number of likely N-dealkylation sites (tertiary alicyclic amines) is 1. The van der Waals surface area contributed by atoms with Crippen LogP contribution in [0.3, 0.4) is 0 Å². The van der Waals surface area contributed by atoms with Crippen LogP contribution in [-0.4, -0.2) is 46.0 Å². The molecule has 0 aliphatic carbocycles. The van der Waals surface area contributed by atoms with Crippen molar-refractivity contribution in [2.75, 3.05) is 20.2 Å². The molecule has 4 rings (SSSR count). The highest BCUT2D eigenvalue weighted by Gasteiger charge is 2.30. The van der Waals surface area contributed by atoms with E-state index in [1.54, 1.807) is 31.3 Å². The summed E-state index contributed by atoms with van der Waals surface area (Å²) in [6.45, 7) is 2.93. The standard InChI is InChI=1S/C21H22N4O4/c1-14-24-18(13-28-14)21(26)25-11-3-4-15(12-25)19-20(23-10-9-22-19)29-17-7-5-16(27-2)6-8-17/h5-10,13,15H,3-4,11-12H2,1-2H3. The van der Waals surface area contributed by atoms with Crippen LogP contribution in [0.15, 0.2) is 47.3 Å². The molecule has 0 radical (unpaired) electrons. The van der Waals surface area contributed by atoms with Crippen molar-refractivity contribution >= 4 is 5.91 Å². The van der Waals surface area contributed by atoms with Crippen LogP contribution < -0.4 is 9.47 Å². The van der Waals surface area contributed by atoms with Gasteiger partial charge in [0.1, 0.15) is 23.5 Å². The summed E-state index contributed by atoms with van der Waals surface area (Å²) in [4.78, 5) is 27.6. The van der Waals surface area contributed by atoms with Gasteiger partial charge in [-0.15, -0.1) is 0 Å². The Bertz CT molecular complexity index is 986. The Hall–Kier alpha value is -3.42. The molecule has 1 aromatic carbocycles. The van der Waals surface area contributed by atoms with Gasteiger partial charge in [-0.3, -0.25) is 9.78 Å². The molecular formula is C21H22N4O4. The second-order valence-electron chi connectivity index (χ2n) is 6.87. The number of ether oxygens (including phenoxy) is 2. The zero-order valence-corrected chi connectivity index (χ0v) is 16.4. The number of hydrogen-bond acceptors (Lipinski definition) is 7. The lowest BCUT2D eigenvalue weighted by Gasteiger charge is -2.32. The molecule has 2 aromatic heterocycles. The fraction of sp³-hybridized carbons (Fsp3) is 0.333. The van der Waals surface area contributed by atoms with Gasteiger partial charge in [0.05, 0.1) is 7.11 Å². The first-order chi connectivity index (χ1) is 14.1. The van der Waals surface area contributed by atoms with Crippen molar-refractivity contribution < 1.29 is 18.7 Å². The number of carbonyl (C=O) groups excluding carboxylic acids is 1. The average molecular weight is 394 g/mol. The van der Waals surface area contributed by atoms with Crippen LogP contribution in [0.2, 0.25) is 0 Å². The Morgan fingerprint density at radius 2 is 1.93 bits per heavy atom. The molecule has 0 spiro atoms. The van der Waals surface area contributed by atoms with E-state index >= 15 is 0 Å². The maximum atomic E-state index is 12.8. The number of methoxy groups -OCH3 is 1. The van der Waals surface area contributed by atoms with Crippen molar-refractivity contribution in [3.8, 4) is 17.4 Å². The van der Waals surface area contributed by atoms with Gasteiger partial charge >= 0.3 is 0 Å². The topological polar surface area (TPSA) is 90.6 Å². The number of piperidine rings is 1. The zero-order chi connectivity index (χ0) is 20.2.